The largest absolute Gasteiger partial charge is 0.462 e. The fourth-order valence-electron chi connectivity index (χ4n) is 2.52. The van der Waals surface area contributed by atoms with E-state index in [4.69, 9.17) is 4.74 Å². The fraction of sp³-hybridized carbons (Fsp3) is 0.842. The van der Waals surface area contributed by atoms with Crippen molar-refractivity contribution in [2.45, 2.75) is 91.9 Å². The van der Waals surface area contributed by atoms with Crippen LogP contribution >= 0.6 is 0 Å². The second-order valence-electron chi connectivity index (χ2n) is 7.06. The summed E-state index contributed by atoms with van der Waals surface area (Å²) in [5.74, 6) is -0.264. The molecule has 0 radical (unpaired) electrons. The molecule has 0 fully saturated rings. The van der Waals surface area contributed by atoms with E-state index in [9.17, 15) is 4.79 Å². The Kier molecular flexibility index (Phi) is 11.4. The summed E-state index contributed by atoms with van der Waals surface area (Å²) < 4.78 is 5.14. The van der Waals surface area contributed by atoms with Gasteiger partial charge in [0.15, 0.2) is 0 Å². The van der Waals surface area contributed by atoms with Crippen molar-refractivity contribution in [2.75, 3.05) is 6.61 Å². The lowest BCUT2D eigenvalue weighted by molar-refractivity contribution is -0.139. The van der Waals surface area contributed by atoms with E-state index in [1.165, 1.54) is 51.4 Å². The SMILES string of the molecule is C=C(C)C(=O)OCCCC(C)(C)CCCCCCCCC. The first kappa shape index (κ1) is 20.2. The van der Waals surface area contributed by atoms with E-state index in [2.05, 4.69) is 27.4 Å². The van der Waals surface area contributed by atoms with Crippen LogP contribution in [-0.4, -0.2) is 12.6 Å². The first-order valence-corrected chi connectivity index (χ1v) is 8.71. The van der Waals surface area contributed by atoms with Gasteiger partial charge in [-0.1, -0.05) is 72.3 Å². The molecule has 0 unspecified atom stereocenters. The van der Waals surface area contributed by atoms with Crippen LogP contribution in [-0.2, 0) is 9.53 Å². The van der Waals surface area contributed by atoms with Crippen LogP contribution in [0.5, 0.6) is 0 Å². The Balaban J connectivity index is 3.55. The van der Waals surface area contributed by atoms with Crippen molar-refractivity contribution in [2.24, 2.45) is 5.41 Å². The van der Waals surface area contributed by atoms with Gasteiger partial charge in [-0.2, -0.15) is 0 Å². The predicted octanol–water partition coefficient (Wildman–Crippen LogP) is 6.05. The van der Waals surface area contributed by atoms with E-state index in [0.29, 0.717) is 17.6 Å². The molecule has 0 rings (SSSR count). The maximum absolute atomic E-state index is 11.3. The molecule has 124 valence electrons. The minimum atomic E-state index is -0.264. The van der Waals surface area contributed by atoms with Crippen molar-refractivity contribution in [1.29, 1.82) is 0 Å². The molecule has 0 aliphatic rings. The molecule has 0 aliphatic heterocycles. The first-order valence-electron chi connectivity index (χ1n) is 8.71. The third-order valence-corrected chi connectivity index (χ3v) is 4.04. The molecule has 0 heterocycles. The highest BCUT2D eigenvalue weighted by Crippen LogP contribution is 2.29. The highest BCUT2D eigenvalue weighted by molar-refractivity contribution is 5.86. The molecule has 2 heteroatoms. The zero-order chi connectivity index (χ0) is 16.1. The van der Waals surface area contributed by atoms with Crippen LogP contribution in [0.4, 0.5) is 0 Å². The number of hydrogen-bond donors (Lipinski definition) is 0. The normalized spacial score (nSPS) is 11.4. The van der Waals surface area contributed by atoms with E-state index in [1.54, 1.807) is 6.92 Å². The highest BCUT2D eigenvalue weighted by atomic mass is 16.5. The molecule has 0 spiro atoms. The number of carbonyl (C=O) groups excluding carboxylic acids is 1. The molecule has 0 atom stereocenters. The number of rotatable bonds is 13. The van der Waals surface area contributed by atoms with Crippen LogP contribution in [0.25, 0.3) is 0 Å². The van der Waals surface area contributed by atoms with Crippen LogP contribution in [0.1, 0.15) is 91.9 Å². The van der Waals surface area contributed by atoms with Crippen LogP contribution in [0.15, 0.2) is 12.2 Å². The maximum Gasteiger partial charge on any atom is 0.333 e. The molecular weight excluding hydrogens is 260 g/mol. The molecule has 0 bridgehead atoms. The summed E-state index contributed by atoms with van der Waals surface area (Å²) in [4.78, 5) is 11.3. The minimum absolute atomic E-state index is 0.264. The second kappa shape index (κ2) is 11.8. The Labute approximate surface area is 132 Å². The lowest BCUT2D eigenvalue weighted by atomic mass is 9.82. The van der Waals surface area contributed by atoms with E-state index in [1.807, 2.05) is 0 Å². The Bertz CT molecular complexity index is 292. The van der Waals surface area contributed by atoms with Crippen molar-refractivity contribution in [1.82, 2.24) is 0 Å². The predicted molar refractivity (Wildman–Crippen MR) is 91.4 cm³/mol. The number of esters is 1. The molecule has 0 N–H and O–H groups in total. The highest BCUT2D eigenvalue weighted by Gasteiger charge is 2.17. The summed E-state index contributed by atoms with van der Waals surface area (Å²) in [5.41, 5.74) is 0.844. The van der Waals surface area contributed by atoms with Gasteiger partial charge < -0.3 is 4.74 Å². The Morgan fingerprint density at radius 3 is 2.05 bits per heavy atom. The smallest absolute Gasteiger partial charge is 0.333 e. The summed E-state index contributed by atoms with van der Waals surface area (Å²) in [6, 6.07) is 0. The third kappa shape index (κ3) is 12.6. The quantitative estimate of drug-likeness (QED) is 0.235. The summed E-state index contributed by atoms with van der Waals surface area (Å²) >= 11 is 0. The van der Waals surface area contributed by atoms with E-state index in [-0.39, 0.29) is 5.97 Å². The van der Waals surface area contributed by atoms with Crippen LogP contribution in [0.3, 0.4) is 0 Å². The molecule has 0 amide bonds. The zero-order valence-corrected chi connectivity index (χ0v) is 14.8. The van der Waals surface area contributed by atoms with Crippen molar-refractivity contribution >= 4 is 5.97 Å². The second-order valence-corrected chi connectivity index (χ2v) is 7.06. The van der Waals surface area contributed by atoms with Gasteiger partial charge in [-0.3, -0.25) is 0 Å². The van der Waals surface area contributed by atoms with Gasteiger partial charge in [0, 0.05) is 5.57 Å². The summed E-state index contributed by atoms with van der Waals surface area (Å²) in [6.45, 7) is 12.7. The Hall–Kier alpha value is -0.790. The topological polar surface area (TPSA) is 26.3 Å². The summed E-state index contributed by atoms with van der Waals surface area (Å²) in [6.07, 6.45) is 12.9. The Morgan fingerprint density at radius 1 is 0.952 bits per heavy atom. The van der Waals surface area contributed by atoms with Gasteiger partial charge in [0.2, 0.25) is 0 Å². The first-order chi connectivity index (χ1) is 9.89. The molecule has 0 aromatic carbocycles. The molecule has 0 saturated heterocycles. The van der Waals surface area contributed by atoms with Crippen molar-refractivity contribution in [3.05, 3.63) is 12.2 Å². The maximum atomic E-state index is 11.3. The van der Waals surface area contributed by atoms with Gasteiger partial charge in [-0.25, -0.2) is 4.79 Å². The number of hydrogen-bond acceptors (Lipinski definition) is 2. The van der Waals surface area contributed by atoms with Crippen molar-refractivity contribution < 1.29 is 9.53 Å². The van der Waals surface area contributed by atoms with Crippen molar-refractivity contribution in [3.8, 4) is 0 Å². The van der Waals surface area contributed by atoms with E-state index in [0.717, 1.165) is 12.8 Å². The molecular formula is C19H36O2. The van der Waals surface area contributed by atoms with Crippen LogP contribution in [0.2, 0.25) is 0 Å². The lowest BCUT2D eigenvalue weighted by Gasteiger charge is -2.24. The fourth-order valence-corrected chi connectivity index (χ4v) is 2.52. The van der Waals surface area contributed by atoms with Crippen LogP contribution in [0, 0.1) is 5.41 Å². The van der Waals surface area contributed by atoms with Crippen LogP contribution < -0.4 is 0 Å². The molecule has 21 heavy (non-hydrogen) atoms. The van der Waals surface area contributed by atoms with Gasteiger partial charge in [-0.15, -0.1) is 0 Å². The van der Waals surface area contributed by atoms with E-state index < -0.39 is 0 Å². The lowest BCUT2D eigenvalue weighted by Crippen LogP contribution is -2.14. The van der Waals surface area contributed by atoms with Gasteiger partial charge in [0.25, 0.3) is 0 Å². The van der Waals surface area contributed by atoms with Gasteiger partial charge in [0.1, 0.15) is 0 Å². The third-order valence-electron chi connectivity index (χ3n) is 4.04. The average Bonchev–Trinajstić information content (AvgIpc) is 2.42. The standard InChI is InChI=1S/C19H36O2/c1-6-7-8-9-10-11-12-14-19(4,5)15-13-16-21-18(20)17(2)3/h2,6-16H2,1,3-5H3. The van der Waals surface area contributed by atoms with E-state index >= 15 is 0 Å². The molecule has 0 aromatic heterocycles. The summed E-state index contributed by atoms with van der Waals surface area (Å²) in [5, 5.41) is 0. The molecule has 0 aliphatic carbocycles. The van der Waals surface area contributed by atoms with Crippen molar-refractivity contribution in [3.63, 3.8) is 0 Å². The van der Waals surface area contributed by atoms with Gasteiger partial charge in [0.05, 0.1) is 6.61 Å². The van der Waals surface area contributed by atoms with Gasteiger partial charge in [-0.05, 0) is 31.6 Å². The Morgan fingerprint density at radius 2 is 1.48 bits per heavy atom. The summed E-state index contributed by atoms with van der Waals surface area (Å²) in [7, 11) is 0. The monoisotopic (exact) mass is 296 g/mol. The minimum Gasteiger partial charge on any atom is -0.462 e. The van der Waals surface area contributed by atoms with Gasteiger partial charge >= 0.3 is 5.97 Å². The zero-order valence-electron chi connectivity index (χ0n) is 14.8. The molecule has 0 saturated carbocycles. The average molecular weight is 296 g/mol. The number of carbonyl (C=O) groups is 1. The number of unbranched alkanes of at least 4 members (excludes halogenated alkanes) is 6. The molecule has 0 aromatic rings. The number of ether oxygens (including phenoxy) is 1. The molecule has 2 nitrogen and oxygen atoms in total.